The number of imidazole rings is 1. The molecule has 86 valence electrons. The molecular weight excluding hydrogens is 190 g/mol. The number of rotatable bonds is 8. The van der Waals surface area contributed by atoms with E-state index in [1.165, 1.54) is 0 Å². The van der Waals surface area contributed by atoms with Crippen LogP contribution in [0.1, 0.15) is 25.6 Å². The van der Waals surface area contributed by atoms with Crippen molar-refractivity contribution in [3.05, 3.63) is 18.2 Å². The maximum absolute atomic E-state index is 5.38. The maximum atomic E-state index is 5.38. The van der Waals surface area contributed by atoms with Crippen LogP contribution >= 0.6 is 0 Å². The lowest BCUT2D eigenvalue weighted by molar-refractivity contribution is 0.132. The number of aromatic nitrogens is 2. The Morgan fingerprint density at radius 1 is 1.47 bits per heavy atom. The fourth-order valence-corrected chi connectivity index (χ4v) is 1.31. The summed E-state index contributed by atoms with van der Waals surface area (Å²) in [5.41, 5.74) is 0. The van der Waals surface area contributed by atoms with Crippen LogP contribution in [0, 0.1) is 0 Å². The highest BCUT2D eigenvalue weighted by molar-refractivity contribution is 4.90. The van der Waals surface area contributed by atoms with Gasteiger partial charge in [-0.25, -0.2) is 4.98 Å². The van der Waals surface area contributed by atoms with Gasteiger partial charge in [-0.15, -0.1) is 0 Å². The zero-order valence-corrected chi connectivity index (χ0v) is 9.70. The molecule has 0 radical (unpaired) electrons. The lowest BCUT2D eigenvalue weighted by Crippen LogP contribution is -2.18. The van der Waals surface area contributed by atoms with Crippen LogP contribution in [-0.4, -0.2) is 29.3 Å². The molecule has 0 aromatic carbocycles. The zero-order chi connectivity index (χ0) is 10.9. The third kappa shape index (κ3) is 4.95. The average Bonchev–Trinajstić information content (AvgIpc) is 2.63. The van der Waals surface area contributed by atoms with Gasteiger partial charge in [-0.05, 0) is 19.4 Å². The Kier molecular flexibility index (Phi) is 6.04. The summed E-state index contributed by atoms with van der Waals surface area (Å²) in [4.78, 5) is 4.23. The summed E-state index contributed by atoms with van der Waals surface area (Å²) in [7, 11) is 2.01. The van der Waals surface area contributed by atoms with Crippen molar-refractivity contribution in [1.29, 1.82) is 0 Å². The van der Waals surface area contributed by atoms with Gasteiger partial charge in [0, 0.05) is 32.7 Å². The van der Waals surface area contributed by atoms with Crippen LogP contribution in [0.15, 0.2) is 12.4 Å². The van der Waals surface area contributed by atoms with E-state index < -0.39 is 0 Å². The van der Waals surface area contributed by atoms with Crippen molar-refractivity contribution in [2.45, 2.75) is 26.3 Å². The Morgan fingerprint density at radius 2 is 2.33 bits per heavy atom. The van der Waals surface area contributed by atoms with Gasteiger partial charge >= 0.3 is 0 Å². The Bertz CT molecular complexity index is 260. The van der Waals surface area contributed by atoms with Crippen LogP contribution in [0.4, 0.5) is 0 Å². The molecule has 15 heavy (non-hydrogen) atoms. The minimum Gasteiger partial charge on any atom is -0.381 e. The number of nitrogens with one attached hydrogen (secondary N) is 1. The summed E-state index contributed by atoms with van der Waals surface area (Å²) < 4.78 is 7.41. The molecule has 1 aromatic heterocycles. The SMILES string of the molecule is CCCOCCCNCc1nccn1C. The Balaban J connectivity index is 1.96. The smallest absolute Gasteiger partial charge is 0.122 e. The van der Waals surface area contributed by atoms with Gasteiger partial charge in [0.2, 0.25) is 0 Å². The van der Waals surface area contributed by atoms with Gasteiger partial charge in [-0.3, -0.25) is 0 Å². The standard InChI is InChI=1S/C11H21N3O/c1-3-8-15-9-4-5-12-10-11-13-6-7-14(11)2/h6-7,12H,3-5,8-10H2,1-2H3. The van der Waals surface area contributed by atoms with Crippen molar-refractivity contribution in [3.8, 4) is 0 Å². The lowest BCUT2D eigenvalue weighted by atomic mass is 10.4. The van der Waals surface area contributed by atoms with E-state index in [1.54, 1.807) is 0 Å². The van der Waals surface area contributed by atoms with Crippen LogP contribution in [0.2, 0.25) is 0 Å². The molecule has 0 atom stereocenters. The molecule has 0 aliphatic carbocycles. The summed E-state index contributed by atoms with van der Waals surface area (Å²) in [6, 6.07) is 0. The molecule has 0 fully saturated rings. The van der Waals surface area contributed by atoms with Crippen LogP contribution in [0.5, 0.6) is 0 Å². The first kappa shape index (κ1) is 12.2. The maximum Gasteiger partial charge on any atom is 0.122 e. The highest BCUT2D eigenvalue weighted by Crippen LogP contribution is 1.92. The summed E-state index contributed by atoms with van der Waals surface area (Å²) in [6.07, 6.45) is 5.94. The molecule has 0 bridgehead atoms. The largest absolute Gasteiger partial charge is 0.381 e. The van der Waals surface area contributed by atoms with Gasteiger partial charge < -0.3 is 14.6 Å². The first-order chi connectivity index (χ1) is 7.34. The molecule has 0 spiro atoms. The summed E-state index contributed by atoms with van der Waals surface area (Å²) in [5, 5.41) is 3.34. The average molecular weight is 211 g/mol. The number of hydrogen-bond acceptors (Lipinski definition) is 3. The van der Waals surface area contributed by atoms with Gasteiger partial charge in [0.05, 0.1) is 6.54 Å². The van der Waals surface area contributed by atoms with E-state index >= 15 is 0 Å². The van der Waals surface area contributed by atoms with Crippen LogP contribution < -0.4 is 5.32 Å². The van der Waals surface area contributed by atoms with Crippen LogP contribution in [-0.2, 0) is 18.3 Å². The Morgan fingerprint density at radius 3 is 3.00 bits per heavy atom. The van der Waals surface area contributed by atoms with E-state index in [1.807, 2.05) is 24.0 Å². The first-order valence-corrected chi connectivity index (χ1v) is 5.59. The molecular formula is C11H21N3O. The molecule has 1 rings (SSSR count). The molecule has 4 nitrogen and oxygen atoms in total. The second kappa shape index (κ2) is 7.43. The van der Waals surface area contributed by atoms with Gasteiger partial charge in [0.25, 0.3) is 0 Å². The quantitative estimate of drug-likeness (QED) is 0.659. The monoisotopic (exact) mass is 211 g/mol. The minimum absolute atomic E-state index is 0.831. The van der Waals surface area contributed by atoms with E-state index in [2.05, 4.69) is 17.2 Å². The molecule has 1 heterocycles. The molecule has 0 saturated carbocycles. The molecule has 0 aliphatic heterocycles. The zero-order valence-electron chi connectivity index (χ0n) is 9.70. The normalized spacial score (nSPS) is 10.8. The molecule has 0 amide bonds. The fourth-order valence-electron chi connectivity index (χ4n) is 1.31. The van der Waals surface area contributed by atoms with E-state index in [4.69, 9.17) is 4.74 Å². The highest BCUT2D eigenvalue weighted by atomic mass is 16.5. The number of aryl methyl sites for hydroxylation is 1. The van der Waals surface area contributed by atoms with Crippen molar-refractivity contribution in [1.82, 2.24) is 14.9 Å². The molecule has 4 heteroatoms. The number of ether oxygens (including phenoxy) is 1. The van der Waals surface area contributed by atoms with E-state index in [0.29, 0.717) is 0 Å². The lowest BCUT2D eigenvalue weighted by Gasteiger charge is -2.05. The third-order valence-corrected chi connectivity index (χ3v) is 2.19. The molecule has 0 saturated heterocycles. The highest BCUT2D eigenvalue weighted by Gasteiger charge is 1.97. The summed E-state index contributed by atoms with van der Waals surface area (Å²) in [5.74, 6) is 1.07. The van der Waals surface area contributed by atoms with Gasteiger partial charge in [-0.2, -0.15) is 0 Å². The van der Waals surface area contributed by atoms with Crippen LogP contribution in [0.25, 0.3) is 0 Å². The van der Waals surface area contributed by atoms with Crippen molar-refractivity contribution in [2.75, 3.05) is 19.8 Å². The Hall–Kier alpha value is -0.870. The predicted molar refractivity (Wildman–Crippen MR) is 60.6 cm³/mol. The van der Waals surface area contributed by atoms with Crippen molar-refractivity contribution < 1.29 is 4.74 Å². The number of nitrogens with zero attached hydrogens (tertiary/aromatic N) is 2. The van der Waals surface area contributed by atoms with E-state index in [9.17, 15) is 0 Å². The van der Waals surface area contributed by atoms with Gasteiger partial charge in [0.1, 0.15) is 5.82 Å². The second-order valence-electron chi connectivity index (χ2n) is 3.60. The molecule has 0 unspecified atom stereocenters. The topological polar surface area (TPSA) is 39.1 Å². The number of hydrogen-bond donors (Lipinski definition) is 1. The minimum atomic E-state index is 0.831. The predicted octanol–water partition coefficient (Wildman–Crippen LogP) is 1.33. The van der Waals surface area contributed by atoms with E-state index in [-0.39, 0.29) is 0 Å². The van der Waals surface area contributed by atoms with Crippen molar-refractivity contribution in [2.24, 2.45) is 7.05 Å². The first-order valence-electron chi connectivity index (χ1n) is 5.59. The molecule has 1 N–H and O–H groups in total. The van der Waals surface area contributed by atoms with Crippen molar-refractivity contribution >= 4 is 0 Å². The Labute approximate surface area is 91.7 Å². The third-order valence-electron chi connectivity index (χ3n) is 2.19. The molecule has 0 aliphatic rings. The molecule has 1 aromatic rings. The van der Waals surface area contributed by atoms with E-state index in [0.717, 1.165) is 45.0 Å². The summed E-state index contributed by atoms with van der Waals surface area (Å²) >= 11 is 0. The second-order valence-corrected chi connectivity index (χ2v) is 3.60. The van der Waals surface area contributed by atoms with Crippen molar-refractivity contribution in [3.63, 3.8) is 0 Å². The van der Waals surface area contributed by atoms with Gasteiger partial charge in [-0.1, -0.05) is 6.92 Å². The van der Waals surface area contributed by atoms with Crippen LogP contribution in [0.3, 0.4) is 0 Å². The van der Waals surface area contributed by atoms with Gasteiger partial charge in [0.15, 0.2) is 0 Å². The summed E-state index contributed by atoms with van der Waals surface area (Å²) in [6.45, 7) is 5.66. The fraction of sp³-hybridized carbons (Fsp3) is 0.727.